The molecule has 3 aliphatic rings. The normalized spacial score (nSPS) is 20.1. The van der Waals surface area contributed by atoms with Gasteiger partial charge in [0.15, 0.2) is 0 Å². The quantitative estimate of drug-likeness (QED) is 0.849. The fourth-order valence-electron chi connectivity index (χ4n) is 3.90. The van der Waals surface area contributed by atoms with Crippen molar-refractivity contribution in [2.45, 2.75) is 31.8 Å². The molecule has 2 aromatic rings. The summed E-state index contributed by atoms with van der Waals surface area (Å²) in [6, 6.07) is 6.41. The smallest absolute Gasteiger partial charge is 0.112 e. The SMILES string of the molecule is CC(O)c1ccc2c(c1)c1c(n2C)N2CCC1CC2. The molecule has 0 aliphatic carbocycles. The van der Waals surface area contributed by atoms with Crippen LogP contribution in [0.1, 0.15) is 42.9 Å². The number of aliphatic hydroxyl groups excluding tert-OH is 1. The Balaban J connectivity index is 2.04. The molecule has 1 aromatic carbocycles. The van der Waals surface area contributed by atoms with Gasteiger partial charge in [0.05, 0.1) is 6.10 Å². The fraction of sp³-hybridized carbons (Fsp3) is 0.500. The summed E-state index contributed by atoms with van der Waals surface area (Å²) >= 11 is 0. The topological polar surface area (TPSA) is 28.4 Å². The van der Waals surface area contributed by atoms with E-state index in [1.165, 1.54) is 48.2 Å². The van der Waals surface area contributed by atoms with Gasteiger partial charge in [0.2, 0.25) is 0 Å². The van der Waals surface area contributed by atoms with Gasteiger partial charge in [-0.2, -0.15) is 0 Å². The van der Waals surface area contributed by atoms with Gasteiger partial charge in [-0.1, -0.05) is 6.07 Å². The molecule has 5 rings (SSSR count). The van der Waals surface area contributed by atoms with Crippen molar-refractivity contribution in [1.29, 1.82) is 0 Å². The van der Waals surface area contributed by atoms with Gasteiger partial charge >= 0.3 is 0 Å². The molecule has 1 fully saturated rings. The highest BCUT2D eigenvalue weighted by molar-refractivity contribution is 5.92. The number of hydrogen-bond donors (Lipinski definition) is 1. The first-order valence-electron chi connectivity index (χ1n) is 7.22. The van der Waals surface area contributed by atoms with E-state index in [1.54, 1.807) is 0 Å². The van der Waals surface area contributed by atoms with Crippen LogP contribution in [0.2, 0.25) is 0 Å². The highest BCUT2D eigenvalue weighted by Crippen LogP contribution is 2.47. The van der Waals surface area contributed by atoms with Crippen molar-refractivity contribution in [3.8, 4) is 0 Å². The molecule has 0 amide bonds. The van der Waals surface area contributed by atoms with E-state index < -0.39 is 0 Å². The van der Waals surface area contributed by atoms with Gasteiger partial charge in [-0.25, -0.2) is 0 Å². The van der Waals surface area contributed by atoms with E-state index in [4.69, 9.17) is 0 Å². The molecule has 2 bridgehead atoms. The fourth-order valence-corrected chi connectivity index (χ4v) is 3.90. The van der Waals surface area contributed by atoms with Crippen LogP contribution in [0.5, 0.6) is 0 Å². The van der Waals surface area contributed by atoms with Crippen molar-refractivity contribution in [2.24, 2.45) is 7.05 Å². The third-order valence-electron chi connectivity index (χ3n) is 4.92. The van der Waals surface area contributed by atoms with Crippen LogP contribution in [0.4, 0.5) is 5.82 Å². The third-order valence-corrected chi connectivity index (χ3v) is 4.92. The van der Waals surface area contributed by atoms with Crippen molar-refractivity contribution in [2.75, 3.05) is 18.0 Å². The summed E-state index contributed by atoms with van der Waals surface area (Å²) in [4.78, 5) is 2.53. The Morgan fingerprint density at radius 1 is 1.26 bits per heavy atom. The number of anilines is 1. The summed E-state index contributed by atoms with van der Waals surface area (Å²) < 4.78 is 2.34. The number of rotatable bonds is 1. The molecule has 3 heteroatoms. The summed E-state index contributed by atoms with van der Waals surface area (Å²) in [6.45, 7) is 4.24. The van der Waals surface area contributed by atoms with Gasteiger partial charge in [-0.15, -0.1) is 0 Å². The Kier molecular flexibility index (Phi) is 2.25. The molecule has 0 spiro atoms. The van der Waals surface area contributed by atoms with E-state index >= 15 is 0 Å². The molecule has 19 heavy (non-hydrogen) atoms. The summed E-state index contributed by atoms with van der Waals surface area (Å²) in [5, 5.41) is 11.2. The Morgan fingerprint density at radius 2 is 2.00 bits per heavy atom. The van der Waals surface area contributed by atoms with Gasteiger partial charge < -0.3 is 14.6 Å². The van der Waals surface area contributed by atoms with Crippen molar-refractivity contribution in [3.05, 3.63) is 29.3 Å². The molecule has 0 saturated carbocycles. The third kappa shape index (κ3) is 1.42. The zero-order chi connectivity index (χ0) is 13.1. The van der Waals surface area contributed by atoms with E-state index in [0.717, 1.165) is 5.56 Å². The average molecular weight is 256 g/mol. The van der Waals surface area contributed by atoms with Gasteiger partial charge in [0.25, 0.3) is 0 Å². The zero-order valence-electron chi connectivity index (χ0n) is 11.6. The van der Waals surface area contributed by atoms with Crippen molar-refractivity contribution >= 4 is 16.7 Å². The minimum Gasteiger partial charge on any atom is -0.389 e. The molecule has 4 heterocycles. The average Bonchev–Trinajstić information content (AvgIpc) is 2.76. The van der Waals surface area contributed by atoms with Crippen LogP contribution in [0.3, 0.4) is 0 Å². The van der Waals surface area contributed by atoms with Crippen LogP contribution < -0.4 is 4.90 Å². The summed E-state index contributed by atoms with van der Waals surface area (Å²) in [7, 11) is 2.17. The second-order valence-electron chi connectivity index (χ2n) is 6.01. The maximum atomic E-state index is 9.81. The Labute approximate surface area is 113 Å². The van der Waals surface area contributed by atoms with E-state index in [1.807, 2.05) is 6.92 Å². The number of fused-ring (bicyclic) bond motifs is 3. The second kappa shape index (κ2) is 3.76. The summed E-state index contributed by atoms with van der Waals surface area (Å²) in [6.07, 6.45) is 2.18. The minimum absolute atomic E-state index is 0.388. The summed E-state index contributed by atoms with van der Waals surface area (Å²) in [5.74, 6) is 2.13. The van der Waals surface area contributed by atoms with Gasteiger partial charge in [0.1, 0.15) is 5.82 Å². The van der Waals surface area contributed by atoms with Crippen LogP contribution in [0.15, 0.2) is 18.2 Å². The largest absolute Gasteiger partial charge is 0.389 e. The molecular formula is C16H20N2O. The number of benzene rings is 1. The van der Waals surface area contributed by atoms with Gasteiger partial charge in [-0.3, -0.25) is 0 Å². The standard InChI is InChI=1S/C16H20N2O/c1-10(19)12-3-4-14-13(9-12)15-11-5-7-18(8-6-11)16(15)17(14)2/h3-4,9-11,19H,5-8H2,1-2H3. The lowest BCUT2D eigenvalue weighted by Crippen LogP contribution is -2.39. The number of nitrogens with zero attached hydrogens (tertiary/aromatic N) is 2. The second-order valence-corrected chi connectivity index (χ2v) is 6.01. The lowest BCUT2D eigenvalue weighted by molar-refractivity contribution is 0.199. The monoisotopic (exact) mass is 256 g/mol. The number of piperidine rings is 1. The molecule has 1 saturated heterocycles. The number of aromatic nitrogens is 1. The predicted molar refractivity (Wildman–Crippen MR) is 77.7 cm³/mol. The predicted octanol–water partition coefficient (Wildman–Crippen LogP) is 2.93. The van der Waals surface area contributed by atoms with Crippen LogP contribution >= 0.6 is 0 Å². The van der Waals surface area contributed by atoms with Crippen molar-refractivity contribution in [1.82, 2.24) is 4.57 Å². The van der Waals surface area contributed by atoms with Crippen LogP contribution in [-0.4, -0.2) is 22.8 Å². The van der Waals surface area contributed by atoms with Crippen LogP contribution in [-0.2, 0) is 7.05 Å². The maximum absolute atomic E-state index is 9.81. The van der Waals surface area contributed by atoms with E-state index in [9.17, 15) is 5.11 Å². The zero-order valence-corrected chi connectivity index (χ0v) is 11.6. The Bertz CT molecular complexity index is 648. The first-order chi connectivity index (χ1) is 9.16. The molecule has 1 aromatic heterocycles. The highest BCUT2D eigenvalue weighted by atomic mass is 16.3. The molecule has 3 nitrogen and oxygen atoms in total. The maximum Gasteiger partial charge on any atom is 0.112 e. The van der Waals surface area contributed by atoms with Crippen molar-refractivity contribution < 1.29 is 5.11 Å². The van der Waals surface area contributed by atoms with E-state index in [-0.39, 0.29) is 6.10 Å². The number of aliphatic hydroxyl groups is 1. The molecular weight excluding hydrogens is 236 g/mol. The van der Waals surface area contributed by atoms with Crippen LogP contribution in [0.25, 0.3) is 10.9 Å². The number of aryl methyl sites for hydroxylation is 1. The van der Waals surface area contributed by atoms with Gasteiger partial charge in [-0.05, 0) is 43.4 Å². The first-order valence-corrected chi connectivity index (χ1v) is 7.22. The Morgan fingerprint density at radius 3 is 2.68 bits per heavy atom. The lowest BCUT2D eigenvalue weighted by atomic mass is 9.84. The lowest BCUT2D eigenvalue weighted by Gasteiger charge is -2.41. The molecule has 0 radical (unpaired) electrons. The number of hydrogen-bond acceptors (Lipinski definition) is 2. The minimum atomic E-state index is -0.388. The van der Waals surface area contributed by atoms with Crippen LogP contribution in [0, 0.1) is 0 Å². The Hall–Kier alpha value is -1.48. The van der Waals surface area contributed by atoms with E-state index in [2.05, 4.69) is 34.7 Å². The molecule has 1 atom stereocenters. The molecule has 3 aliphatic heterocycles. The molecule has 1 unspecified atom stereocenters. The molecule has 1 N–H and O–H groups in total. The van der Waals surface area contributed by atoms with Gasteiger partial charge in [0, 0.05) is 36.6 Å². The molecule has 100 valence electrons. The highest BCUT2D eigenvalue weighted by Gasteiger charge is 2.35. The first kappa shape index (κ1) is 11.4. The summed E-state index contributed by atoms with van der Waals surface area (Å²) in [5.41, 5.74) is 3.85. The van der Waals surface area contributed by atoms with Crippen molar-refractivity contribution in [3.63, 3.8) is 0 Å². The van der Waals surface area contributed by atoms with E-state index in [0.29, 0.717) is 5.92 Å².